The van der Waals surface area contributed by atoms with E-state index in [4.69, 9.17) is 9.47 Å². The van der Waals surface area contributed by atoms with Crippen LogP contribution < -0.4 is 10.3 Å². The summed E-state index contributed by atoms with van der Waals surface area (Å²) in [5, 5.41) is 1.36. The molecule has 0 fully saturated rings. The number of rotatable bonds is 5. The van der Waals surface area contributed by atoms with E-state index in [0.717, 1.165) is 16.0 Å². The van der Waals surface area contributed by atoms with E-state index < -0.39 is 6.16 Å². The summed E-state index contributed by atoms with van der Waals surface area (Å²) >= 11 is 1.70. The molecular formula is C21H18N2O4S. The lowest BCUT2D eigenvalue weighted by Crippen LogP contribution is -2.10. The second-order valence-corrected chi connectivity index (χ2v) is 7.17. The van der Waals surface area contributed by atoms with Gasteiger partial charge in [-0.2, -0.15) is 0 Å². The number of aromatic amines is 2. The summed E-state index contributed by atoms with van der Waals surface area (Å²) in [6.45, 7) is 1.91. The molecule has 2 aromatic heterocycles. The number of hydrogen-bond acceptors (Lipinski definition) is 5. The molecule has 0 amide bonds. The van der Waals surface area contributed by atoms with Gasteiger partial charge < -0.3 is 19.4 Å². The predicted molar refractivity (Wildman–Crippen MR) is 110 cm³/mol. The normalized spacial score (nSPS) is 11.0. The smallest absolute Gasteiger partial charge is 0.434 e. The summed E-state index contributed by atoms with van der Waals surface area (Å²) in [6, 6.07) is 16.0. The molecule has 7 heteroatoms. The highest BCUT2D eigenvalue weighted by atomic mass is 32.2. The van der Waals surface area contributed by atoms with Crippen molar-refractivity contribution in [1.82, 2.24) is 9.97 Å². The molecule has 0 spiro atoms. The fraction of sp³-hybridized carbons (Fsp3) is 0.143. The van der Waals surface area contributed by atoms with Gasteiger partial charge in [0, 0.05) is 27.7 Å². The Morgan fingerprint density at radius 2 is 1.96 bits per heavy atom. The quantitative estimate of drug-likeness (QED) is 0.374. The van der Waals surface area contributed by atoms with Crippen LogP contribution in [0.4, 0.5) is 4.79 Å². The second kappa shape index (κ2) is 7.82. The highest BCUT2D eigenvalue weighted by Gasteiger charge is 2.16. The van der Waals surface area contributed by atoms with E-state index in [1.54, 1.807) is 18.7 Å². The van der Waals surface area contributed by atoms with Crippen molar-refractivity contribution in [2.45, 2.75) is 17.6 Å². The lowest BCUT2D eigenvalue weighted by atomic mass is 10.1. The zero-order chi connectivity index (χ0) is 19.5. The van der Waals surface area contributed by atoms with E-state index in [-0.39, 0.29) is 17.9 Å². The fourth-order valence-electron chi connectivity index (χ4n) is 3.02. The van der Waals surface area contributed by atoms with Crippen molar-refractivity contribution in [2.75, 3.05) is 6.61 Å². The third-order valence-corrected chi connectivity index (χ3v) is 5.35. The molecule has 0 radical (unpaired) electrons. The van der Waals surface area contributed by atoms with Gasteiger partial charge in [0.25, 0.3) is 5.56 Å². The summed E-state index contributed by atoms with van der Waals surface area (Å²) in [5.41, 5.74) is 1.99. The minimum absolute atomic E-state index is 0.211. The number of hydrogen-bond donors (Lipinski definition) is 2. The minimum Gasteiger partial charge on any atom is -0.434 e. The van der Waals surface area contributed by atoms with Crippen LogP contribution in [0.25, 0.3) is 21.8 Å². The van der Waals surface area contributed by atoms with Gasteiger partial charge in [-0.05, 0) is 30.7 Å². The Kier molecular flexibility index (Phi) is 5.08. The summed E-state index contributed by atoms with van der Waals surface area (Å²) in [7, 11) is 0. The molecule has 0 saturated carbocycles. The maximum Gasteiger partial charge on any atom is 0.513 e. The van der Waals surface area contributed by atoms with E-state index in [9.17, 15) is 9.59 Å². The molecule has 0 aliphatic carbocycles. The molecule has 0 aliphatic rings. The molecule has 0 unspecified atom stereocenters. The Balaban J connectivity index is 1.74. The van der Waals surface area contributed by atoms with Crippen molar-refractivity contribution in [3.8, 4) is 5.75 Å². The van der Waals surface area contributed by atoms with Gasteiger partial charge in [0.05, 0.1) is 12.0 Å². The number of ether oxygens (including phenoxy) is 2. The van der Waals surface area contributed by atoms with Crippen LogP contribution in [0.5, 0.6) is 5.75 Å². The number of pyridine rings is 1. The molecule has 0 saturated heterocycles. The summed E-state index contributed by atoms with van der Waals surface area (Å²) in [5.74, 6) is 1.10. The molecule has 2 N–H and O–H groups in total. The number of nitrogens with one attached hydrogen (secondary N) is 2. The number of carbonyl (C=O) groups is 1. The maximum atomic E-state index is 12.3. The number of aromatic nitrogens is 2. The standard InChI is InChI=1S/C21H18N2O4S/c1-2-26-21(25)27-17-11-22-19-18(17)15-10-14(8-9-16(15)23-20(19)24)28-12-13-6-4-3-5-7-13/h3-11,22H,2,12H2,1H3,(H,23,24). The summed E-state index contributed by atoms with van der Waals surface area (Å²) < 4.78 is 10.1. The van der Waals surface area contributed by atoms with Crippen LogP contribution in [0.15, 0.2) is 64.4 Å². The number of benzene rings is 2. The van der Waals surface area contributed by atoms with Crippen molar-refractivity contribution in [1.29, 1.82) is 0 Å². The minimum atomic E-state index is -0.800. The van der Waals surface area contributed by atoms with Gasteiger partial charge in [-0.25, -0.2) is 4.79 Å². The van der Waals surface area contributed by atoms with Crippen LogP contribution in [0.3, 0.4) is 0 Å². The first-order valence-corrected chi connectivity index (χ1v) is 9.82. The largest absolute Gasteiger partial charge is 0.513 e. The third kappa shape index (κ3) is 3.61. The van der Waals surface area contributed by atoms with Crippen LogP contribution in [-0.4, -0.2) is 22.7 Å². The van der Waals surface area contributed by atoms with Crippen molar-refractivity contribution in [3.63, 3.8) is 0 Å². The molecule has 28 heavy (non-hydrogen) atoms. The van der Waals surface area contributed by atoms with Crippen LogP contribution in [0.2, 0.25) is 0 Å². The Morgan fingerprint density at radius 1 is 1.14 bits per heavy atom. The molecule has 0 bridgehead atoms. The van der Waals surface area contributed by atoms with Gasteiger partial charge in [0.1, 0.15) is 5.52 Å². The molecule has 0 atom stereocenters. The second-order valence-electron chi connectivity index (χ2n) is 6.12. The monoisotopic (exact) mass is 394 g/mol. The van der Waals surface area contributed by atoms with Gasteiger partial charge in [0.2, 0.25) is 0 Å². The molecule has 4 rings (SSSR count). The van der Waals surface area contributed by atoms with Crippen molar-refractivity contribution in [3.05, 3.63) is 70.6 Å². The molecule has 2 heterocycles. The molecule has 4 aromatic rings. The molecule has 142 valence electrons. The molecule has 2 aromatic carbocycles. The predicted octanol–water partition coefficient (Wildman–Crippen LogP) is 4.84. The SMILES string of the molecule is CCOC(=O)Oc1c[nH]c2c(=O)[nH]c3ccc(SCc4ccccc4)cc3c12. The van der Waals surface area contributed by atoms with Gasteiger partial charge in [-0.3, -0.25) is 4.79 Å². The highest BCUT2D eigenvalue weighted by molar-refractivity contribution is 7.98. The number of fused-ring (bicyclic) bond motifs is 3. The van der Waals surface area contributed by atoms with Gasteiger partial charge >= 0.3 is 6.16 Å². The first-order chi connectivity index (χ1) is 13.7. The van der Waals surface area contributed by atoms with E-state index in [2.05, 4.69) is 22.1 Å². The van der Waals surface area contributed by atoms with Crippen LogP contribution in [0, 0.1) is 0 Å². The maximum absolute atomic E-state index is 12.3. The Bertz CT molecular complexity index is 1200. The lowest BCUT2D eigenvalue weighted by molar-refractivity contribution is 0.105. The zero-order valence-corrected chi connectivity index (χ0v) is 16.0. The van der Waals surface area contributed by atoms with Gasteiger partial charge in [-0.15, -0.1) is 11.8 Å². The van der Waals surface area contributed by atoms with E-state index in [1.807, 2.05) is 36.4 Å². The number of H-pyrrole nitrogens is 2. The Morgan fingerprint density at radius 3 is 2.75 bits per heavy atom. The average molecular weight is 394 g/mol. The van der Waals surface area contributed by atoms with Crippen molar-refractivity contribution >= 4 is 39.7 Å². The highest BCUT2D eigenvalue weighted by Crippen LogP contribution is 2.33. The van der Waals surface area contributed by atoms with Crippen molar-refractivity contribution < 1.29 is 14.3 Å². The third-order valence-electron chi connectivity index (χ3n) is 4.28. The van der Waals surface area contributed by atoms with E-state index in [1.165, 1.54) is 11.8 Å². The van der Waals surface area contributed by atoms with Crippen LogP contribution >= 0.6 is 11.8 Å². The first-order valence-electron chi connectivity index (χ1n) is 8.84. The number of carbonyl (C=O) groups excluding carboxylic acids is 1. The Labute approximate surface area is 164 Å². The van der Waals surface area contributed by atoms with E-state index in [0.29, 0.717) is 16.4 Å². The average Bonchev–Trinajstić information content (AvgIpc) is 3.12. The zero-order valence-electron chi connectivity index (χ0n) is 15.2. The van der Waals surface area contributed by atoms with Crippen LogP contribution in [0.1, 0.15) is 12.5 Å². The molecule has 6 nitrogen and oxygen atoms in total. The summed E-state index contributed by atoms with van der Waals surface area (Å²) in [6.07, 6.45) is 0.700. The van der Waals surface area contributed by atoms with Crippen molar-refractivity contribution in [2.24, 2.45) is 0 Å². The van der Waals surface area contributed by atoms with Crippen LogP contribution in [-0.2, 0) is 10.5 Å². The lowest BCUT2D eigenvalue weighted by Gasteiger charge is -2.07. The fourth-order valence-corrected chi connectivity index (χ4v) is 3.92. The van der Waals surface area contributed by atoms with Gasteiger partial charge in [-0.1, -0.05) is 30.3 Å². The Hall–Kier alpha value is -3.19. The first kappa shape index (κ1) is 18.2. The number of thioether (sulfide) groups is 1. The van der Waals surface area contributed by atoms with Gasteiger partial charge in [0.15, 0.2) is 5.75 Å². The summed E-state index contributed by atoms with van der Waals surface area (Å²) in [4.78, 5) is 30.9. The molecular weight excluding hydrogens is 376 g/mol. The van der Waals surface area contributed by atoms with E-state index >= 15 is 0 Å². The molecule has 0 aliphatic heterocycles. The topological polar surface area (TPSA) is 84.2 Å².